The zero-order valence-corrected chi connectivity index (χ0v) is 12.6. The normalized spacial score (nSPS) is 33.9. The predicted octanol–water partition coefficient (Wildman–Crippen LogP) is 2.08. The maximum atomic E-state index is 11.9. The molecule has 3 rings (SSSR count). The summed E-state index contributed by atoms with van der Waals surface area (Å²) < 4.78 is 4.85. The van der Waals surface area contributed by atoms with Crippen LogP contribution in [0.3, 0.4) is 0 Å². The van der Waals surface area contributed by atoms with Crippen molar-refractivity contribution in [3.63, 3.8) is 0 Å². The lowest BCUT2D eigenvalue weighted by Crippen LogP contribution is -2.56. The van der Waals surface area contributed by atoms with Crippen molar-refractivity contribution >= 4 is 11.9 Å². The van der Waals surface area contributed by atoms with E-state index in [-0.39, 0.29) is 24.4 Å². The number of ether oxygens (including phenoxy) is 1. The van der Waals surface area contributed by atoms with Crippen molar-refractivity contribution in [1.29, 1.82) is 0 Å². The molecule has 21 heavy (non-hydrogen) atoms. The highest BCUT2D eigenvalue weighted by atomic mass is 16.7. The largest absolute Gasteiger partial charge is 0.453 e. The molecule has 3 saturated heterocycles. The summed E-state index contributed by atoms with van der Waals surface area (Å²) in [6, 6.07) is 0.373. The summed E-state index contributed by atoms with van der Waals surface area (Å²) in [6.07, 6.45) is 6.65. The summed E-state index contributed by atoms with van der Waals surface area (Å²) in [4.78, 5) is 31.5. The van der Waals surface area contributed by atoms with Crippen molar-refractivity contribution in [2.24, 2.45) is 0 Å². The van der Waals surface area contributed by atoms with Crippen LogP contribution in [0, 0.1) is 0 Å². The fourth-order valence-electron chi connectivity index (χ4n) is 3.78. The number of likely N-dealkylation sites (tertiary alicyclic amines) is 1. The van der Waals surface area contributed by atoms with E-state index in [0.29, 0.717) is 25.2 Å². The first-order valence-electron chi connectivity index (χ1n) is 8.00. The van der Waals surface area contributed by atoms with E-state index >= 15 is 0 Å². The topological polar surface area (TPSA) is 59.1 Å². The van der Waals surface area contributed by atoms with Gasteiger partial charge in [-0.3, -0.25) is 14.5 Å². The minimum atomic E-state index is -0.321. The molecule has 118 valence electrons. The molecule has 3 heterocycles. The molecule has 6 nitrogen and oxygen atoms in total. The zero-order valence-electron chi connectivity index (χ0n) is 12.6. The Kier molecular flexibility index (Phi) is 4.45. The SMILES string of the molecule is COC(=O)N1CCCC[C@H]1ON1C2CCCC1CC(=O)C2. The molecular formula is C15H24N2O4. The van der Waals surface area contributed by atoms with E-state index in [1.807, 2.05) is 5.06 Å². The minimum absolute atomic E-state index is 0.187. The fraction of sp³-hybridized carbons (Fsp3) is 0.867. The first kappa shape index (κ1) is 14.8. The van der Waals surface area contributed by atoms with Gasteiger partial charge >= 0.3 is 6.09 Å². The molecule has 0 aromatic rings. The van der Waals surface area contributed by atoms with Crippen molar-refractivity contribution in [3.05, 3.63) is 0 Å². The number of carbonyl (C=O) groups excluding carboxylic acids is 2. The van der Waals surface area contributed by atoms with Gasteiger partial charge in [0.1, 0.15) is 5.78 Å². The predicted molar refractivity (Wildman–Crippen MR) is 75.3 cm³/mol. The first-order chi connectivity index (χ1) is 10.2. The summed E-state index contributed by atoms with van der Waals surface area (Å²) in [6.45, 7) is 0.680. The third kappa shape index (κ3) is 3.06. The summed E-state index contributed by atoms with van der Waals surface area (Å²) >= 11 is 0. The van der Waals surface area contributed by atoms with E-state index in [9.17, 15) is 9.59 Å². The van der Waals surface area contributed by atoms with E-state index in [1.54, 1.807) is 4.90 Å². The van der Waals surface area contributed by atoms with Crippen LogP contribution in [0.1, 0.15) is 51.4 Å². The highest BCUT2D eigenvalue weighted by molar-refractivity contribution is 5.80. The van der Waals surface area contributed by atoms with Crippen molar-refractivity contribution in [3.8, 4) is 0 Å². The second-order valence-electron chi connectivity index (χ2n) is 6.26. The van der Waals surface area contributed by atoms with Gasteiger partial charge in [0.25, 0.3) is 0 Å². The molecule has 3 aliphatic heterocycles. The molecule has 2 bridgehead atoms. The van der Waals surface area contributed by atoms with Gasteiger partial charge in [-0.1, -0.05) is 6.42 Å². The number of hydrogen-bond acceptors (Lipinski definition) is 5. The molecule has 2 unspecified atom stereocenters. The summed E-state index contributed by atoms with van der Waals surface area (Å²) in [5.74, 6) is 0.345. The quantitative estimate of drug-likeness (QED) is 0.781. The molecule has 3 atom stereocenters. The number of methoxy groups -OCH3 is 1. The lowest BCUT2D eigenvalue weighted by molar-refractivity contribution is -0.292. The van der Waals surface area contributed by atoms with Crippen LogP contribution < -0.4 is 0 Å². The second kappa shape index (κ2) is 6.32. The maximum Gasteiger partial charge on any atom is 0.411 e. The summed E-state index contributed by atoms with van der Waals surface area (Å²) in [7, 11) is 1.41. The second-order valence-corrected chi connectivity index (χ2v) is 6.26. The molecule has 0 aliphatic carbocycles. The van der Waals surface area contributed by atoms with Crippen molar-refractivity contribution in [2.75, 3.05) is 13.7 Å². The Balaban J connectivity index is 1.69. The molecule has 3 aliphatic rings. The van der Waals surface area contributed by atoms with Gasteiger partial charge in [-0.25, -0.2) is 4.79 Å². The lowest BCUT2D eigenvalue weighted by atomic mass is 9.86. The van der Waals surface area contributed by atoms with Crippen molar-refractivity contribution in [2.45, 2.75) is 69.7 Å². The monoisotopic (exact) mass is 296 g/mol. The summed E-state index contributed by atoms with van der Waals surface area (Å²) in [5, 5.41) is 2.02. The van der Waals surface area contributed by atoms with Crippen LogP contribution in [0.5, 0.6) is 0 Å². The number of hydroxylamine groups is 2. The summed E-state index contributed by atoms with van der Waals surface area (Å²) in [5.41, 5.74) is 0. The first-order valence-corrected chi connectivity index (χ1v) is 8.00. The zero-order chi connectivity index (χ0) is 14.8. The van der Waals surface area contributed by atoms with Gasteiger partial charge in [-0.2, -0.15) is 5.06 Å². The number of piperidine rings is 3. The van der Waals surface area contributed by atoms with Gasteiger partial charge in [0.2, 0.25) is 0 Å². The van der Waals surface area contributed by atoms with E-state index < -0.39 is 0 Å². The molecule has 0 radical (unpaired) electrons. The van der Waals surface area contributed by atoms with E-state index in [1.165, 1.54) is 7.11 Å². The average molecular weight is 296 g/mol. The standard InChI is InChI=1S/C15H24N2O4/c1-20-15(19)16-8-3-2-7-14(16)21-17-11-5-4-6-12(17)10-13(18)9-11/h11-12,14H,2-10H2,1H3/t11?,12?,14-/m1/s1. The Bertz CT molecular complexity index is 398. The van der Waals surface area contributed by atoms with Crippen LogP contribution in [0.25, 0.3) is 0 Å². The smallest absolute Gasteiger partial charge is 0.411 e. The molecule has 6 heteroatoms. The average Bonchev–Trinajstić information content (AvgIpc) is 2.48. The Hall–Kier alpha value is -1.14. The van der Waals surface area contributed by atoms with Crippen LogP contribution >= 0.6 is 0 Å². The Morgan fingerprint density at radius 2 is 1.81 bits per heavy atom. The Labute approximate surface area is 125 Å². The highest BCUT2D eigenvalue weighted by Gasteiger charge is 2.41. The van der Waals surface area contributed by atoms with Gasteiger partial charge in [-0.15, -0.1) is 0 Å². The molecular weight excluding hydrogens is 272 g/mol. The number of Topliss-reactive ketones (excluding diaryl/α,β-unsaturated/α-hetero) is 1. The fourth-order valence-corrected chi connectivity index (χ4v) is 3.78. The molecule has 0 N–H and O–H groups in total. The number of rotatable bonds is 2. The minimum Gasteiger partial charge on any atom is -0.453 e. The Morgan fingerprint density at radius 1 is 1.10 bits per heavy atom. The van der Waals surface area contributed by atoms with Gasteiger partial charge in [0.05, 0.1) is 7.11 Å². The Morgan fingerprint density at radius 3 is 2.48 bits per heavy atom. The molecule has 1 amide bonds. The van der Waals surface area contributed by atoms with Gasteiger partial charge in [0, 0.05) is 31.5 Å². The van der Waals surface area contributed by atoms with E-state index in [2.05, 4.69) is 0 Å². The number of amides is 1. The van der Waals surface area contributed by atoms with Crippen LogP contribution in [0.15, 0.2) is 0 Å². The van der Waals surface area contributed by atoms with Crippen molar-refractivity contribution in [1.82, 2.24) is 9.96 Å². The molecule has 0 saturated carbocycles. The number of nitrogens with zero attached hydrogens (tertiary/aromatic N) is 2. The van der Waals surface area contributed by atoms with E-state index in [4.69, 9.17) is 9.57 Å². The van der Waals surface area contributed by atoms with Gasteiger partial charge < -0.3 is 4.74 Å². The number of fused-ring (bicyclic) bond motifs is 2. The highest BCUT2D eigenvalue weighted by Crippen LogP contribution is 2.34. The number of ketones is 1. The lowest BCUT2D eigenvalue weighted by Gasteiger charge is -2.47. The molecule has 0 aromatic carbocycles. The number of hydrogen-bond donors (Lipinski definition) is 0. The van der Waals surface area contributed by atoms with Gasteiger partial charge in [0.15, 0.2) is 6.23 Å². The van der Waals surface area contributed by atoms with Crippen LogP contribution in [-0.2, 0) is 14.4 Å². The molecule has 3 fully saturated rings. The van der Waals surface area contributed by atoms with Crippen LogP contribution in [-0.4, -0.2) is 53.8 Å². The maximum absolute atomic E-state index is 11.9. The molecule has 0 aromatic heterocycles. The molecule has 0 spiro atoms. The number of carbonyl (C=O) groups is 2. The third-order valence-corrected chi connectivity index (χ3v) is 4.82. The third-order valence-electron chi connectivity index (χ3n) is 4.82. The van der Waals surface area contributed by atoms with Crippen LogP contribution in [0.4, 0.5) is 4.79 Å². The van der Waals surface area contributed by atoms with E-state index in [0.717, 1.165) is 38.5 Å². The van der Waals surface area contributed by atoms with Gasteiger partial charge in [-0.05, 0) is 32.1 Å². The van der Waals surface area contributed by atoms with Crippen molar-refractivity contribution < 1.29 is 19.2 Å². The van der Waals surface area contributed by atoms with Crippen LogP contribution in [0.2, 0.25) is 0 Å².